The maximum Gasteiger partial charge on any atom is 0.247 e. The highest BCUT2D eigenvalue weighted by Gasteiger charge is 2.15. The summed E-state index contributed by atoms with van der Waals surface area (Å²) in [5.74, 6) is -0.209. The van der Waals surface area contributed by atoms with Gasteiger partial charge < -0.3 is 16.0 Å². The molecule has 1 fully saturated rings. The number of nitrogens with zero attached hydrogens (tertiary/aromatic N) is 1. The molecular weight excluding hydrogens is 226 g/mol. The van der Waals surface area contributed by atoms with Crippen molar-refractivity contribution in [1.82, 2.24) is 0 Å². The topological polar surface area (TPSA) is 58.4 Å². The van der Waals surface area contributed by atoms with Gasteiger partial charge in [-0.1, -0.05) is 6.58 Å². The van der Waals surface area contributed by atoms with Gasteiger partial charge in [0.15, 0.2) is 0 Å². The summed E-state index contributed by atoms with van der Waals surface area (Å²) in [6.07, 6.45) is 4.93. The summed E-state index contributed by atoms with van der Waals surface area (Å²) in [4.78, 5) is 13.7. The maximum atomic E-state index is 11.4. The fourth-order valence-corrected chi connectivity index (χ4v) is 2.25. The van der Waals surface area contributed by atoms with E-state index in [1.54, 1.807) is 6.07 Å². The standard InChI is InChI=1S/C14H19N3O/c1-2-14(18)16-12-10-11(15)6-7-13(12)17-8-4-3-5-9-17/h2,6-7,10H,1,3-5,8-9,15H2,(H,16,18). The predicted octanol–water partition coefficient (Wildman–Crippen LogP) is 2.38. The van der Waals surface area contributed by atoms with Crippen molar-refractivity contribution < 1.29 is 4.79 Å². The number of hydrogen-bond acceptors (Lipinski definition) is 3. The Hall–Kier alpha value is -1.97. The summed E-state index contributed by atoms with van der Waals surface area (Å²) < 4.78 is 0. The molecule has 0 unspecified atom stereocenters. The molecule has 0 spiro atoms. The number of nitrogens with one attached hydrogen (secondary N) is 1. The zero-order valence-corrected chi connectivity index (χ0v) is 10.5. The number of benzene rings is 1. The highest BCUT2D eigenvalue weighted by molar-refractivity contribution is 6.01. The van der Waals surface area contributed by atoms with Crippen LogP contribution in [0.5, 0.6) is 0 Å². The summed E-state index contributed by atoms with van der Waals surface area (Å²) in [6.45, 7) is 5.52. The number of carbonyl (C=O) groups excluding carboxylic acids is 1. The van der Waals surface area contributed by atoms with Crippen molar-refractivity contribution in [3.05, 3.63) is 30.9 Å². The van der Waals surface area contributed by atoms with E-state index in [0.29, 0.717) is 5.69 Å². The molecule has 2 rings (SSSR count). The quantitative estimate of drug-likeness (QED) is 0.635. The van der Waals surface area contributed by atoms with Gasteiger partial charge in [0.1, 0.15) is 0 Å². The lowest BCUT2D eigenvalue weighted by atomic mass is 10.1. The first-order valence-corrected chi connectivity index (χ1v) is 6.28. The number of carbonyl (C=O) groups is 1. The zero-order valence-electron chi connectivity index (χ0n) is 10.5. The van der Waals surface area contributed by atoms with Crippen LogP contribution in [-0.2, 0) is 4.79 Å². The lowest BCUT2D eigenvalue weighted by molar-refractivity contribution is -0.111. The Labute approximate surface area is 107 Å². The van der Waals surface area contributed by atoms with E-state index in [1.165, 1.54) is 25.3 Å². The molecule has 18 heavy (non-hydrogen) atoms. The van der Waals surface area contributed by atoms with E-state index < -0.39 is 0 Å². The van der Waals surface area contributed by atoms with Crippen molar-refractivity contribution in [3.63, 3.8) is 0 Å². The normalized spacial score (nSPS) is 15.2. The molecule has 1 heterocycles. The van der Waals surface area contributed by atoms with Crippen molar-refractivity contribution in [2.45, 2.75) is 19.3 Å². The van der Waals surface area contributed by atoms with Crippen LogP contribution in [0.3, 0.4) is 0 Å². The minimum atomic E-state index is -0.209. The molecule has 1 aromatic carbocycles. The molecule has 1 aliphatic rings. The molecule has 0 aliphatic carbocycles. The van der Waals surface area contributed by atoms with Gasteiger partial charge in [0, 0.05) is 18.8 Å². The Morgan fingerprint density at radius 2 is 2.06 bits per heavy atom. The monoisotopic (exact) mass is 245 g/mol. The van der Waals surface area contributed by atoms with Crippen molar-refractivity contribution in [2.24, 2.45) is 0 Å². The van der Waals surface area contributed by atoms with Crippen molar-refractivity contribution >= 4 is 23.0 Å². The van der Waals surface area contributed by atoms with Gasteiger partial charge in [-0.25, -0.2) is 0 Å². The van der Waals surface area contributed by atoms with Crippen molar-refractivity contribution in [3.8, 4) is 0 Å². The minimum absolute atomic E-state index is 0.209. The van der Waals surface area contributed by atoms with Crippen LogP contribution in [0.2, 0.25) is 0 Å². The Balaban J connectivity index is 2.26. The highest BCUT2D eigenvalue weighted by Crippen LogP contribution is 2.30. The SMILES string of the molecule is C=CC(=O)Nc1cc(N)ccc1N1CCCCC1. The van der Waals surface area contributed by atoms with Crippen LogP contribution < -0.4 is 16.0 Å². The molecule has 0 aromatic heterocycles. The lowest BCUT2D eigenvalue weighted by Crippen LogP contribution is -2.30. The third kappa shape index (κ3) is 2.83. The van der Waals surface area contributed by atoms with E-state index in [1.807, 2.05) is 12.1 Å². The molecule has 4 nitrogen and oxygen atoms in total. The smallest absolute Gasteiger partial charge is 0.247 e. The summed E-state index contributed by atoms with van der Waals surface area (Å²) in [7, 11) is 0. The number of anilines is 3. The van der Waals surface area contributed by atoms with Gasteiger partial charge >= 0.3 is 0 Å². The Morgan fingerprint density at radius 1 is 1.33 bits per heavy atom. The van der Waals surface area contributed by atoms with Crippen LogP contribution in [-0.4, -0.2) is 19.0 Å². The number of amides is 1. The van der Waals surface area contributed by atoms with Gasteiger partial charge in [-0.05, 0) is 43.5 Å². The van der Waals surface area contributed by atoms with E-state index in [2.05, 4.69) is 16.8 Å². The van der Waals surface area contributed by atoms with Crippen LogP contribution >= 0.6 is 0 Å². The average Bonchev–Trinajstić information content (AvgIpc) is 2.40. The number of nitrogens with two attached hydrogens (primary N) is 1. The molecule has 0 atom stereocenters. The van der Waals surface area contributed by atoms with Gasteiger partial charge in [0.2, 0.25) is 5.91 Å². The second-order valence-corrected chi connectivity index (χ2v) is 4.52. The summed E-state index contributed by atoms with van der Waals surface area (Å²) in [5.41, 5.74) is 8.23. The van der Waals surface area contributed by atoms with Gasteiger partial charge in [0.25, 0.3) is 0 Å². The van der Waals surface area contributed by atoms with E-state index in [9.17, 15) is 4.79 Å². The predicted molar refractivity (Wildman–Crippen MR) is 75.7 cm³/mol. The van der Waals surface area contributed by atoms with E-state index in [-0.39, 0.29) is 5.91 Å². The molecule has 1 saturated heterocycles. The number of piperidine rings is 1. The fraction of sp³-hybridized carbons (Fsp3) is 0.357. The highest BCUT2D eigenvalue weighted by atomic mass is 16.1. The van der Waals surface area contributed by atoms with Crippen molar-refractivity contribution in [1.29, 1.82) is 0 Å². The third-order valence-electron chi connectivity index (χ3n) is 3.16. The Morgan fingerprint density at radius 3 is 2.72 bits per heavy atom. The van der Waals surface area contributed by atoms with Gasteiger partial charge in [-0.15, -0.1) is 0 Å². The lowest BCUT2D eigenvalue weighted by Gasteiger charge is -2.30. The van der Waals surface area contributed by atoms with Gasteiger partial charge in [-0.3, -0.25) is 4.79 Å². The van der Waals surface area contributed by atoms with E-state index in [0.717, 1.165) is 24.5 Å². The second-order valence-electron chi connectivity index (χ2n) is 4.52. The Bertz CT molecular complexity index is 450. The average molecular weight is 245 g/mol. The summed E-state index contributed by atoms with van der Waals surface area (Å²) in [5, 5.41) is 2.82. The molecule has 1 amide bonds. The molecule has 0 bridgehead atoms. The zero-order chi connectivity index (χ0) is 13.0. The Kier molecular flexibility index (Phi) is 3.87. The third-order valence-corrected chi connectivity index (χ3v) is 3.16. The number of hydrogen-bond donors (Lipinski definition) is 2. The number of nitrogen functional groups attached to an aromatic ring is 1. The minimum Gasteiger partial charge on any atom is -0.399 e. The van der Waals surface area contributed by atoms with Crippen LogP contribution in [0.25, 0.3) is 0 Å². The second kappa shape index (κ2) is 5.58. The first-order chi connectivity index (χ1) is 8.70. The van der Waals surface area contributed by atoms with Crippen LogP contribution in [0.1, 0.15) is 19.3 Å². The molecule has 1 aromatic rings. The van der Waals surface area contributed by atoms with Gasteiger partial charge in [0.05, 0.1) is 11.4 Å². The fourth-order valence-electron chi connectivity index (χ4n) is 2.25. The van der Waals surface area contributed by atoms with Crippen LogP contribution in [0.15, 0.2) is 30.9 Å². The van der Waals surface area contributed by atoms with Crippen molar-refractivity contribution in [2.75, 3.05) is 29.0 Å². The molecule has 0 saturated carbocycles. The van der Waals surface area contributed by atoms with Gasteiger partial charge in [-0.2, -0.15) is 0 Å². The molecule has 4 heteroatoms. The molecule has 0 radical (unpaired) electrons. The first-order valence-electron chi connectivity index (χ1n) is 6.28. The summed E-state index contributed by atoms with van der Waals surface area (Å²) in [6, 6.07) is 5.64. The molecular formula is C14H19N3O. The molecule has 3 N–H and O–H groups in total. The molecule has 1 aliphatic heterocycles. The largest absolute Gasteiger partial charge is 0.399 e. The first kappa shape index (κ1) is 12.5. The van der Waals surface area contributed by atoms with E-state index in [4.69, 9.17) is 5.73 Å². The van der Waals surface area contributed by atoms with E-state index >= 15 is 0 Å². The maximum absolute atomic E-state index is 11.4. The van der Waals surface area contributed by atoms with Crippen LogP contribution in [0, 0.1) is 0 Å². The molecule has 96 valence electrons. The summed E-state index contributed by atoms with van der Waals surface area (Å²) >= 11 is 0. The number of rotatable bonds is 3. The van der Waals surface area contributed by atoms with Crippen LogP contribution in [0.4, 0.5) is 17.1 Å².